The molecule has 0 N–H and O–H groups in total. The third-order valence-corrected chi connectivity index (χ3v) is 4.36. The first-order valence-corrected chi connectivity index (χ1v) is 7.70. The lowest BCUT2D eigenvalue weighted by Crippen LogP contribution is -2.01. The minimum atomic E-state index is -2.79. The van der Waals surface area contributed by atoms with Gasteiger partial charge in [0.15, 0.2) is 5.16 Å². The maximum Gasteiger partial charge on any atom is 0.387 e. The molecule has 1 aromatic heterocycles. The number of ether oxygens (including phenoxy) is 1. The minimum absolute atomic E-state index is 0.173. The number of nitrogens with zero attached hydrogens (tertiary/aromatic N) is 2. The van der Waals surface area contributed by atoms with E-state index in [1.165, 1.54) is 0 Å². The van der Waals surface area contributed by atoms with Crippen LogP contribution in [0, 0.1) is 0 Å². The van der Waals surface area contributed by atoms with Gasteiger partial charge in [0.2, 0.25) is 0 Å². The fourth-order valence-electron chi connectivity index (χ4n) is 2.17. The smallest absolute Gasteiger partial charge is 0.387 e. The molecule has 0 aliphatic carbocycles. The maximum atomic E-state index is 12.1. The van der Waals surface area contributed by atoms with E-state index >= 15 is 0 Å². The number of hydrogen-bond donors (Lipinski definition) is 0. The van der Waals surface area contributed by atoms with Gasteiger partial charge in [-0.05, 0) is 29.8 Å². The molecule has 0 radical (unpaired) electrons. The Morgan fingerprint density at radius 3 is 2.55 bits per heavy atom. The number of hydrogen-bond acceptors (Lipinski definition) is 3. The zero-order valence-corrected chi connectivity index (χ0v) is 12.7. The number of fused-ring (bicyclic) bond motifs is 1. The molecule has 0 aliphatic rings. The summed E-state index contributed by atoms with van der Waals surface area (Å²) in [6, 6.07) is 14.6. The lowest BCUT2D eigenvalue weighted by atomic mass is 10.2. The van der Waals surface area contributed by atoms with Crippen LogP contribution in [0.3, 0.4) is 0 Å². The molecule has 0 saturated heterocycles. The molecule has 2 aromatic carbocycles. The predicted octanol–water partition coefficient (Wildman–Crippen LogP) is 4.47. The van der Waals surface area contributed by atoms with Crippen LogP contribution in [-0.4, -0.2) is 16.2 Å². The van der Waals surface area contributed by atoms with Gasteiger partial charge in [-0.15, -0.1) is 0 Å². The van der Waals surface area contributed by atoms with Crippen molar-refractivity contribution < 1.29 is 13.5 Å². The van der Waals surface area contributed by atoms with Crippen molar-refractivity contribution in [3.63, 3.8) is 0 Å². The van der Waals surface area contributed by atoms with Gasteiger partial charge in [0.1, 0.15) is 5.75 Å². The molecular formula is C16H14F2N2OS. The summed E-state index contributed by atoms with van der Waals surface area (Å²) in [5.74, 6) is 0.887. The fraction of sp³-hybridized carbons (Fsp3) is 0.188. The van der Waals surface area contributed by atoms with E-state index in [4.69, 9.17) is 0 Å². The summed E-state index contributed by atoms with van der Waals surface area (Å²) in [7, 11) is 1.98. The van der Waals surface area contributed by atoms with E-state index in [1.54, 1.807) is 36.0 Å². The first-order chi connectivity index (χ1) is 10.6. The third-order valence-electron chi connectivity index (χ3n) is 3.26. The summed E-state index contributed by atoms with van der Waals surface area (Å²) in [6.07, 6.45) is 0. The molecule has 0 unspecified atom stereocenters. The SMILES string of the molecule is Cn1c(SCc2ccc(OC(F)F)cc2)nc2ccccc21. The number of aromatic nitrogens is 2. The number of imidazole rings is 1. The number of aryl methyl sites for hydroxylation is 1. The standard InChI is InChI=1S/C16H14F2N2OS/c1-20-14-5-3-2-4-13(14)19-16(20)22-10-11-6-8-12(9-7-11)21-15(17)18/h2-9,15H,10H2,1H3. The highest BCUT2D eigenvalue weighted by molar-refractivity contribution is 7.98. The Balaban J connectivity index is 1.70. The monoisotopic (exact) mass is 320 g/mol. The molecule has 1 heterocycles. The molecule has 0 atom stereocenters. The zero-order valence-electron chi connectivity index (χ0n) is 11.9. The molecule has 0 amide bonds. The summed E-state index contributed by atoms with van der Waals surface area (Å²) in [4.78, 5) is 4.59. The molecule has 0 spiro atoms. The van der Waals surface area contributed by atoms with E-state index in [-0.39, 0.29) is 5.75 Å². The summed E-state index contributed by atoms with van der Waals surface area (Å²) < 4.78 is 30.6. The highest BCUT2D eigenvalue weighted by Crippen LogP contribution is 2.26. The lowest BCUT2D eigenvalue weighted by molar-refractivity contribution is -0.0498. The van der Waals surface area contributed by atoms with E-state index in [1.807, 2.05) is 35.9 Å². The van der Waals surface area contributed by atoms with Gasteiger partial charge in [0.25, 0.3) is 0 Å². The summed E-state index contributed by atoms with van der Waals surface area (Å²) in [5, 5.41) is 0.925. The Kier molecular flexibility index (Phi) is 4.29. The zero-order chi connectivity index (χ0) is 15.5. The van der Waals surface area contributed by atoms with Crippen molar-refractivity contribution in [1.82, 2.24) is 9.55 Å². The van der Waals surface area contributed by atoms with Crippen LogP contribution in [0.5, 0.6) is 5.75 Å². The normalized spacial score (nSPS) is 11.3. The van der Waals surface area contributed by atoms with Crippen molar-refractivity contribution in [3.05, 3.63) is 54.1 Å². The molecule has 6 heteroatoms. The number of thioether (sulfide) groups is 1. The molecule has 3 nitrogen and oxygen atoms in total. The fourth-order valence-corrected chi connectivity index (χ4v) is 3.11. The second-order valence-electron chi connectivity index (χ2n) is 4.75. The molecule has 0 bridgehead atoms. The van der Waals surface area contributed by atoms with Crippen LogP contribution in [0.2, 0.25) is 0 Å². The highest BCUT2D eigenvalue weighted by Gasteiger charge is 2.08. The van der Waals surface area contributed by atoms with Crippen LogP contribution in [0.1, 0.15) is 5.56 Å². The number of rotatable bonds is 5. The van der Waals surface area contributed by atoms with Gasteiger partial charge in [0, 0.05) is 12.8 Å². The molecule has 0 fully saturated rings. The van der Waals surface area contributed by atoms with Gasteiger partial charge < -0.3 is 9.30 Å². The molecule has 3 rings (SSSR count). The van der Waals surface area contributed by atoms with Crippen LogP contribution in [0.4, 0.5) is 8.78 Å². The summed E-state index contributed by atoms with van der Waals surface area (Å²) in [6.45, 7) is -2.79. The quantitative estimate of drug-likeness (QED) is 0.649. The van der Waals surface area contributed by atoms with E-state index in [0.717, 1.165) is 21.8 Å². The van der Waals surface area contributed by atoms with Crippen molar-refractivity contribution in [2.45, 2.75) is 17.5 Å². The summed E-state index contributed by atoms with van der Waals surface area (Å²) in [5.41, 5.74) is 3.08. The Hall–Kier alpha value is -2.08. The van der Waals surface area contributed by atoms with E-state index in [9.17, 15) is 8.78 Å². The van der Waals surface area contributed by atoms with Crippen molar-refractivity contribution in [2.75, 3.05) is 0 Å². The Bertz CT molecular complexity index is 771. The van der Waals surface area contributed by atoms with Crippen LogP contribution in [-0.2, 0) is 12.8 Å². The van der Waals surface area contributed by atoms with Crippen molar-refractivity contribution >= 4 is 22.8 Å². The minimum Gasteiger partial charge on any atom is -0.435 e. The van der Waals surface area contributed by atoms with Crippen LogP contribution >= 0.6 is 11.8 Å². The van der Waals surface area contributed by atoms with E-state index in [2.05, 4.69) is 9.72 Å². The van der Waals surface area contributed by atoms with Crippen molar-refractivity contribution in [2.24, 2.45) is 7.05 Å². The van der Waals surface area contributed by atoms with Gasteiger partial charge in [-0.3, -0.25) is 0 Å². The Morgan fingerprint density at radius 2 is 1.86 bits per heavy atom. The average Bonchev–Trinajstić information content (AvgIpc) is 2.83. The van der Waals surface area contributed by atoms with E-state index in [0.29, 0.717) is 5.75 Å². The molecule has 0 saturated carbocycles. The van der Waals surface area contributed by atoms with Crippen molar-refractivity contribution in [3.8, 4) is 5.75 Å². The van der Waals surface area contributed by atoms with Gasteiger partial charge in [0.05, 0.1) is 11.0 Å². The average molecular weight is 320 g/mol. The first-order valence-electron chi connectivity index (χ1n) is 6.71. The highest BCUT2D eigenvalue weighted by atomic mass is 32.2. The van der Waals surface area contributed by atoms with Gasteiger partial charge in [-0.1, -0.05) is 36.0 Å². The van der Waals surface area contributed by atoms with E-state index < -0.39 is 6.61 Å². The first kappa shape index (κ1) is 14.8. The number of para-hydroxylation sites is 2. The molecule has 3 aromatic rings. The van der Waals surface area contributed by atoms with Gasteiger partial charge in [-0.2, -0.15) is 8.78 Å². The predicted molar refractivity (Wildman–Crippen MR) is 83.3 cm³/mol. The van der Waals surface area contributed by atoms with Crippen LogP contribution in [0.15, 0.2) is 53.7 Å². The summed E-state index contributed by atoms with van der Waals surface area (Å²) >= 11 is 1.61. The van der Waals surface area contributed by atoms with Crippen LogP contribution in [0.25, 0.3) is 11.0 Å². The number of halogens is 2. The van der Waals surface area contributed by atoms with Gasteiger partial charge in [-0.25, -0.2) is 4.98 Å². The second-order valence-corrected chi connectivity index (χ2v) is 5.70. The lowest BCUT2D eigenvalue weighted by Gasteiger charge is -2.06. The Labute approximate surface area is 130 Å². The third kappa shape index (κ3) is 3.22. The number of alkyl halides is 2. The Morgan fingerprint density at radius 1 is 1.14 bits per heavy atom. The largest absolute Gasteiger partial charge is 0.435 e. The van der Waals surface area contributed by atoms with Crippen molar-refractivity contribution in [1.29, 1.82) is 0 Å². The molecule has 22 heavy (non-hydrogen) atoms. The van der Waals surface area contributed by atoms with Crippen LogP contribution < -0.4 is 4.74 Å². The van der Waals surface area contributed by atoms with Gasteiger partial charge >= 0.3 is 6.61 Å². The molecule has 114 valence electrons. The topological polar surface area (TPSA) is 27.1 Å². The maximum absolute atomic E-state index is 12.1. The second kappa shape index (κ2) is 6.36. The molecule has 0 aliphatic heterocycles. The molecular weight excluding hydrogens is 306 g/mol. The number of benzene rings is 2.